The molecule has 0 aliphatic rings. The van der Waals surface area contributed by atoms with E-state index in [-0.39, 0.29) is 0 Å². The first-order chi connectivity index (χ1) is 7.00. The molecule has 1 rings (SSSR count). The molecule has 0 aromatic heterocycles. The molecule has 1 atom stereocenters. The van der Waals surface area contributed by atoms with E-state index in [1.165, 1.54) is 12.1 Å². The SMILES string of the molecule is O=C(C[C@@H](O)C(=O)O)c1cccc(Cl)c1. The lowest BCUT2D eigenvalue weighted by Gasteiger charge is -2.04. The van der Waals surface area contributed by atoms with Crippen LogP contribution in [0.2, 0.25) is 5.02 Å². The van der Waals surface area contributed by atoms with Gasteiger partial charge in [0.15, 0.2) is 11.9 Å². The minimum absolute atomic E-state index is 0.294. The first kappa shape index (κ1) is 11.7. The molecular formula is C10H9ClO4. The normalized spacial score (nSPS) is 12.1. The number of halogens is 1. The van der Waals surface area contributed by atoms with E-state index >= 15 is 0 Å². The Bertz CT molecular complexity index is 389. The van der Waals surface area contributed by atoms with Gasteiger partial charge in [0, 0.05) is 17.0 Å². The van der Waals surface area contributed by atoms with E-state index in [9.17, 15) is 9.59 Å². The Kier molecular flexibility index (Phi) is 3.82. The van der Waals surface area contributed by atoms with Crippen molar-refractivity contribution in [3.63, 3.8) is 0 Å². The number of carbonyl (C=O) groups excluding carboxylic acids is 1. The number of carboxylic acid groups (broad SMARTS) is 1. The maximum Gasteiger partial charge on any atom is 0.332 e. The third-order valence-corrected chi connectivity index (χ3v) is 2.05. The quantitative estimate of drug-likeness (QED) is 0.763. The van der Waals surface area contributed by atoms with E-state index < -0.39 is 24.3 Å². The van der Waals surface area contributed by atoms with Crippen molar-refractivity contribution in [1.82, 2.24) is 0 Å². The molecule has 0 amide bonds. The van der Waals surface area contributed by atoms with Crippen LogP contribution in [0.1, 0.15) is 16.8 Å². The van der Waals surface area contributed by atoms with Gasteiger partial charge in [-0.2, -0.15) is 0 Å². The standard InChI is InChI=1S/C10H9ClO4/c11-7-3-1-2-6(4-7)8(12)5-9(13)10(14)15/h1-4,9,13H,5H2,(H,14,15)/t9-/m1/s1. The van der Waals surface area contributed by atoms with Crippen molar-refractivity contribution in [2.24, 2.45) is 0 Å². The highest BCUT2D eigenvalue weighted by Gasteiger charge is 2.18. The first-order valence-electron chi connectivity index (χ1n) is 4.20. The molecule has 0 saturated heterocycles. The van der Waals surface area contributed by atoms with Gasteiger partial charge in [0.1, 0.15) is 0 Å². The number of carbonyl (C=O) groups is 2. The molecule has 1 aromatic rings. The number of rotatable bonds is 4. The average molecular weight is 229 g/mol. The summed E-state index contributed by atoms with van der Waals surface area (Å²) in [5.41, 5.74) is 0.294. The van der Waals surface area contributed by atoms with Crippen LogP contribution in [-0.4, -0.2) is 28.1 Å². The van der Waals surface area contributed by atoms with Crippen molar-refractivity contribution in [1.29, 1.82) is 0 Å². The van der Waals surface area contributed by atoms with Gasteiger partial charge in [-0.25, -0.2) is 4.79 Å². The largest absolute Gasteiger partial charge is 0.479 e. The molecule has 15 heavy (non-hydrogen) atoms. The Balaban J connectivity index is 2.73. The van der Waals surface area contributed by atoms with Crippen molar-refractivity contribution in [2.45, 2.75) is 12.5 Å². The van der Waals surface area contributed by atoms with Crippen LogP contribution in [0.4, 0.5) is 0 Å². The minimum atomic E-state index is -1.67. The summed E-state index contributed by atoms with van der Waals surface area (Å²) >= 11 is 5.66. The number of hydrogen-bond acceptors (Lipinski definition) is 3. The van der Waals surface area contributed by atoms with Crippen LogP contribution in [0.5, 0.6) is 0 Å². The summed E-state index contributed by atoms with van der Waals surface area (Å²) in [6.07, 6.45) is -2.12. The van der Waals surface area contributed by atoms with Gasteiger partial charge in [-0.05, 0) is 12.1 Å². The zero-order valence-corrected chi connectivity index (χ0v) is 8.44. The minimum Gasteiger partial charge on any atom is -0.479 e. The summed E-state index contributed by atoms with van der Waals surface area (Å²) in [5.74, 6) is -1.86. The molecule has 0 spiro atoms. The van der Waals surface area contributed by atoms with Crippen LogP contribution in [-0.2, 0) is 4.79 Å². The van der Waals surface area contributed by atoms with E-state index in [1.807, 2.05) is 0 Å². The molecule has 0 aliphatic carbocycles. The monoisotopic (exact) mass is 228 g/mol. The van der Waals surface area contributed by atoms with Gasteiger partial charge < -0.3 is 10.2 Å². The molecule has 5 heteroatoms. The predicted molar refractivity (Wildman–Crippen MR) is 54.0 cm³/mol. The summed E-state index contributed by atoms with van der Waals surface area (Å²) in [4.78, 5) is 21.7. The fraction of sp³-hybridized carbons (Fsp3) is 0.200. The summed E-state index contributed by atoms with van der Waals surface area (Å²) in [6.45, 7) is 0. The van der Waals surface area contributed by atoms with Crippen LogP contribution in [0.15, 0.2) is 24.3 Å². The number of carboxylic acids is 1. The van der Waals surface area contributed by atoms with Crippen molar-refractivity contribution in [3.05, 3.63) is 34.9 Å². The molecule has 2 N–H and O–H groups in total. The maximum atomic E-state index is 11.4. The molecule has 0 radical (unpaired) electrons. The van der Waals surface area contributed by atoms with Crippen LogP contribution in [0.25, 0.3) is 0 Å². The van der Waals surface area contributed by atoms with E-state index in [2.05, 4.69) is 0 Å². The van der Waals surface area contributed by atoms with Crippen molar-refractivity contribution in [2.75, 3.05) is 0 Å². The second-order valence-corrected chi connectivity index (χ2v) is 3.43. The number of hydrogen-bond donors (Lipinski definition) is 2. The van der Waals surface area contributed by atoms with Gasteiger partial charge >= 0.3 is 5.97 Å². The third kappa shape index (κ3) is 3.34. The fourth-order valence-corrected chi connectivity index (χ4v) is 1.23. The van der Waals surface area contributed by atoms with E-state index in [0.717, 1.165) is 0 Å². The van der Waals surface area contributed by atoms with E-state index in [4.69, 9.17) is 21.8 Å². The summed E-state index contributed by atoms with van der Waals surface area (Å²) in [5, 5.41) is 17.8. The van der Waals surface area contributed by atoms with Crippen LogP contribution in [0, 0.1) is 0 Å². The lowest BCUT2D eigenvalue weighted by molar-refractivity contribution is -0.146. The van der Waals surface area contributed by atoms with Crippen LogP contribution >= 0.6 is 11.6 Å². The lowest BCUT2D eigenvalue weighted by atomic mass is 10.1. The molecule has 0 fully saturated rings. The van der Waals surface area contributed by atoms with Crippen LogP contribution in [0.3, 0.4) is 0 Å². The molecule has 0 aliphatic heterocycles. The Labute approximate surface area is 91.1 Å². The Morgan fingerprint density at radius 2 is 2.07 bits per heavy atom. The predicted octanol–water partition coefficient (Wildman–Crippen LogP) is 1.36. The molecule has 0 bridgehead atoms. The van der Waals surface area contributed by atoms with Crippen molar-refractivity contribution >= 4 is 23.4 Å². The van der Waals surface area contributed by atoms with Gasteiger partial charge in [0.2, 0.25) is 0 Å². The first-order valence-corrected chi connectivity index (χ1v) is 4.58. The maximum absolute atomic E-state index is 11.4. The van der Waals surface area contributed by atoms with Gasteiger partial charge in [-0.15, -0.1) is 0 Å². The number of Topliss-reactive ketones (excluding diaryl/α,β-unsaturated/α-hetero) is 1. The van der Waals surface area contributed by atoms with E-state index in [1.54, 1.807) is 12.1 Å². The van der Waals surface area contributed by atoms with E-state index in [0.29, 0.717) is 10.6 Å². The topological polar surface area (TPSA) is 74.6 Å². The van der Waals surface area contributed by atoms with Crippen molar-refractivity contribution in [3.8, 4) is 0 Å². The number of aliphatic hydroxyl groups excluding tert-OH is 1. The Morgan fingerprint density at radius 3 is 2.60 bits per heavy atom. The van der Waals surface area contributed by atoms with Gasteiger partial charge in [-0.3, -0.25) is 4.79 Å². The highest BCUT2D eigenvalue weighted by Crippen LogP contribution is 2.13. The molecule has 0 saturated carbocycles. The highest BCUT2D eigenvalue weighted by atomic mass is 35.5. The summed E-state index contributed by atoms with van der Waals surface area (Å²) in [6, 6.07) is 6.13. The van der Waals surface area contributed by atoms with Gasteiger partial charge in [0.05, 0.1) is 0 Å². The Hall–Kier alpha value is -1.39. The third-order valence-electron chi connectivity index (χ3n) is 1.81. The second kappa shape index (κ2) is 4.91. The summed E-state index contributed by atoms with van der Waals surface area (Å²) in [7, 11) is 0. The molecule has 4 nitrogen and oxygen atoms in total. The molecule has 0 unspecified atom stereocenters. The molecule has 0 heterocycles. The number of aliphatic carboxylic acids is 1. The number of benzene rings is 1. The highest BCUT2D eigenvalue weighted by molar-refractivity contribution is 6.31. The second-order valence-electron chi connectivity index (χ2n) is 2.99. The molecule has 80 valence electrons. The number of ketones is 1. The zero-order valence-electron chi connectivity index (χ0n) is 7.68. The fourth-order valence-electron chi connectivity index (χ4n) is 1.04. The summed E-state index contributed by atoms with van der Waals surface area (Å²) < 4.78 is 0. The van der Waals surface area contributed by atoms with Gasteiger partial charge in [-0.1, -0.05) is 23.7 Å². The zero-order chi connectivity index (χ0) is 11.4. The van der Waals surface area contributed by atoms with Crippen molar-refractivity contribution < 1.29 is 19.8 Å². The molecular weight excluding hydrogens is 220 g/mol. The van der Waals surface area contributed by atoms with Crippen LogP contribution < -0.4 is 0 Å². The average Bonchev–Trinajstić information content (AvgIpc) is 2.17. The smallest absolute Gasteiger partial charge is 0.332 e. The molecule has 1 aromatic carbocycles. The number of aliphatic hydroxyl groups is 1. The van der Waals surface area contributed by atoms with Gasteiger partial charge in [0.25, 0.3) is 0 Å². The Morgan fingerprint density at radius 1 is 1.40 bits per heavy atom. The lowest BCUT2D eigenvalue weighted by Crippen LogP contribution is -2.23.